The van der Waals surface area contributed by atoms with Gasteiger partial charge >= 0.3 is 5.97 Å². The second kappa shape index (κ2) is 7.01. The minimum absolute atomic E-state index is 0.0826. The van der Waals surface area contributed by atoms with Crippen molar-refractivity contribution < 1.29 is 22.7 Å². The Labute approximate surface area is 139 Å². The largest absolute Gasteiger partial charge is 0.497 e. The van der Waals surface area contributed by atoms with Crippen molar-refractivity contribution in [2.45, 2.75) is 18.7 Å². The van der Waals surface area contributed by atoms with Crippen LogP contribution >= 0.6 is 11.3 Å². The minimum Gasteiger partial charge on any atom is -0.497 e. The highest BCUT2D eigenvalue weighted by molar-refractivity contribution is 7.93. The average molecular weight is 355 g/mol. The van der Waals surface area contributed by atoms with Crippen LogP contribution in [0.2, 0.25) is 0 Å². The van der Waals surface area contributed by atoms with Gasteiger partial charge in [-0.1, -0.05) is 0 Å². The van der Waals surface area contributed by atoms with E-state index in [1.54, 1.807) is 31.4 Å². The quantitative estimate of drug-likeness (QED) is 0.806. The van der Waals surface area contributed by atoms with Crippen LogP contribution in [0.5, 0.6) is 5.75 Å². The smallest absolute Gasteiger partial charge is 0.341 e. The van der Waals surface area contributed by atoms with Crippen molar-refractivity contribution in [3.05, 3.63) is 40.8 Å². The van der Waals surface area contributed by atoms with Crippen LogP contribution in [-0.2, 0) is 14.8 Å². The molecule has 0 unspecified atom stereocenters. The first kappa shape index (κ1) is 17.3. The Kier molecular flexibility index (Phi) is 5.27. The molecule has 2 rings (SSSR count). The van der Waals surface area contributed by atoms with Crippen molar-refractivity contribution in [3.63, 3.8) is 0 Å². The van der Waals surface area contributed by atoms with Crippen LogP contribution in [0, 0.1) is 6.92 Å². The Morgan fingerprint density at radius 1 is 1.26 bits per heavy atom. The summed E-state index contributed by atoms with van der Waals surface area (Å²) in [6, 6.07) is 5.98. The van der Waals surface area contributed by atoms with Crippen LogP contribution in [0.25, 0.3) is 0 Å². The number of aryl methyl sites for hydroxylation is 1. The highest BCUT2D eigenvalue weighted by atomic mass is 32.2. The molecule has 1 aromatic heterocycles. The zero-order valence-electron chi connectivity index (χ0n) is 13.0. The number of carbonyl (C=O) groups is 1. The number of nitrogens with one attached hydrogen (secondary N) is 1. The fraction of sp³-hybridized carbons (Fsp3) is 0.267. The lowest BCUT2D eigenvalue weighted by molar-refractivity contribution is 0.0527. The lowest BCUT2D eigenvalue weighted by Gasteiger charge is -2.09. The van der Waals surface area contributed by atoms with Crippen molar-refractivity contribution in [3.8, 4) is 5.75 Å². The first-order chi connectivity index (χ1) is 10.9. The first-order valence-electron chi connectivity index (χ1n) is 6.81. The zero-order chi connectivity index (χ0) is 17.0. The van der Waals surface area contributed by atoms with Gasteiger partial charge in [0.2, 0.25) is 0 Å². The zero-order valence-corrected chi connectivity index (χ0v) is 14.6. The number of carbonyl (C=O) groups excluding carboxylic acids is 1. The number of sulfonamides is 1. The molecule has 0 aliphatic heterocycles. The molecular formula is C15H17NO5S2. The standard InChI is InChI=1S/C15H17NO5S2/c1-4-21-15(17)13-10(2)9-22-14(13)16-23(18,19)12-7-5-11(20-3)6-8-12/h5-9,16H,4H2,1-3H3. The number of hydrogen-bond acceptors (Lipinski definition) is 6. The molecule has 0 radical (unpaired) electrons. The van der Waals surface area contributed by atoms with E-state index in [0.29, 0.717) is 11.3 Å². The molecule has 0 fully saturated rings. The number of esters is 1. The third-order valence-electron chi connectivity index (χ3n) is 3.05. The number of ether oxygens (including phenoxy) is 2. The van der Waals surface area contributed by atoms with Gasteiger partial charge in [-0.25, -0.2) is 13.2 Å². The molecule has 0 atom stereocenters. The van der Waals surface area contributed by atoms with Crippen LogP contribution in [0.15, 0.2) is 34.5 Å². The van der Waals surface area contributed by atoms with Gasteiger partial charge in [0, 0.05) is 0 Å². The normalized spacial score (nSPS) is 11.1. The van der Waals surface area contributed by atoms with E-state index in [2.05, 4.69) is 4.72 Å². The fourth-order valence-corrected chi connectivity index (χ4v) is 4.17. The predicted molar refractivity (Wildman–Crippen MR) is 88.8 cm³/mol. The van der Waals surface area contributed by atoms with E-state index in [9.17, 15) is 13.2 Å². The van der Waals surface area contributed by atoms with E-state index in [1.807, 2.05) is 0 Å². The maximum atomic E-state index is 12.4. The molecular weight excluding hydrogens is 338 g/mol. The van der Waals surface area contributed by atoms with E-state index < -0.39 is 16.0 Å². The average Bonchev–Trinajstić information content (AvgIpc) is 2.87. The van der Waals surface area contributed by atoms with Crippen LogP contribution < -0.4 is 9.46 Å². The summed E-state index contributed by atoms with van der Waals surface area (Å²) in [4.78, 5) is 12.1. The Morgan fingerprint density at radius 3 is 2.48 bits per heavy atom. The van der Waals surface area contributed by atoms with Crippen LogP contribution in [0.3, 0.4) is 0 Å². The molecule has 0 spiro atoms. The Balaban J connectivity index is 2.32. The Bertz CT molecular complexity index is 794. The summed E-state index contributed by atoms with van der Waals surface area (Å²) in [5.74, 6) is 0.0156. The van der Waals surface area contributed by atoms with Gasteiger partial charge in [0.15, 0.2) is 0 Å². The minimum atomic E-state index is -3.80. The summed E-state index contributed by atoms with van der Waals surface area (Å²) in [6.45, 7) is 3.65. The van der Waals surface area contributed by atoms with Gasteiger partial charge in [-0.3, -0.25) is 4.72 Å². The summed E-state index contributed by atoms with van der Waals surface area (Å²) in [5, 5.41) is 1.95. The summed E-state index contributed by atoms with van der Waals surface area (Å²) in [5.41, 5.74) is 0.912. The van der Waals surface area contributed by atoms with E-state index in [4.69, 9.17) is 9.47 Å². The van der Waals surface area contributed by atoms with Gasteiger partial charge < -0.3 is 9.47 Å². The third kappa shape index (κ3) is 3.83. The number of hydrogen-bond donors (Lipinski definition) is 1. The van der Waals surface area contributed by atoms with E-state index in [1.165, 1.54) is 19.2 Å². The molecule has 0 aliphatic carbocycles. The van der Waals surface area contributed by atoms with Gasteiger partial charge in [0.25, 0.3) is 10.0 Å². The summed E-state index contributed by atoms with van der Waals surface area (Å²) < 4.78 is 37.3. The van der Waals surface area contributed by atoms with E-state index in [-0.39, 0.29) is 22.1 Å². The molecule has 23 heavy (non-hydrogen) atoms. The number of methoxy groups -OCH3 is 1. The monoisotopic (exact) mass is 355 g/mol. The number of thiophene rings is 1. The van der Waals surface area contributed by atoms with Crippen molar-refractivity contribution in [2.24, 2.45) is 0 Å². The summed E-state index contributed by atoms with van der Waals surface area (Å²) >= 11 is 1.14. The molecule has 1 heterocycles. The number of rotatable bonds is 6. The Hall–Kier alpha value is -2.06. The molecule has 0 amide bonds. The fourth-order valence-electron chi connectivity index (χ4n) is 1.91. The second-order valence-electron chi connectivity index (χ2n) is 4.62. The van der Waals surface area contributed by atoms with Gasteiger partial charge in [-0.15, -0.1) is 11.3 Å². The molecule has 0 aliphatic rings. The second-order valence-corrected chi connectivity index (χ2v) is 7.19. The van der Waals surface area contributed by atoms with Crippen LogP contribution in [0.1, 0.15) is 22.8 Å². The van der Waals surface area contributed by atoms with Crippen molar-refractivity contribution in [2.75, 3.05) is 18.4 Å². The molecule has 0 bridgehead atoms. The molecule has 0 saturated heterocycles. The molecule has 6 nitrogen and oxygen atoms in total. The van der Waals surface area contributed by atoms with Crippen LogP contribution in [0.4, 0.5) is 5.00 Å². The van der Waals surface area contributed by atoms with Crippen molar-refractivity contribution in [1.82, 2.24) is 0 Å². The van der Waals surface area contributed by atoms with Crippen molar-refractivity contribution in [1.29, 1.82) is 0 Å². The highest BCUT2D eigenvalue weighted by Gasteiger charge is 2.23. The van der Waals surface area contributed by atoms with Crippen LogP contribution in [-0.4, -0.2) is 28.1 Å². The lowest BCUT2D eigenvalue weighted by atomic mass is 10.2. The molecule has 1 N–H and O–H groups in total. The van der Waals surface area contributed by atoms with Crippen molar-refractivity contribution >= 4 is 32.3 Å². The van der Waals surface area contributed by atoms with E-state index in [0.717, 1.165) is 11.3 Å². The third-order valence-corrected chi connectivity index (χ3v) is 5.56. The summed E-state index contributed by atoms with van der Waals surface area (Å²) in [6.07, 6.45) is 0. The maximum Gasteiger partial charge on any atom is 0.341 e. The maximum absolute atomic E-state index is 12.4. The predicted octanol–water partition coefficient (Wildman–Crippen LogP) is 3.04. The summed E-state index contributed by atoms with van der Waals surface area (Å²) in [7, 11) is -2.30. The van der Waals surface area contributed by atoms with Gasteiger partial charge in [-0.05, 0) is 49.1 Å². The molecule has 0 saturated carbocycles. The SMILES string of the molecule is CCOC(=O)c1c(C)csc1NS(=O)(=O)c1ccc(OC)cc1. The topological polar surface area (TPSA) is 81.7 Å². The van der Waals surface area contributed by atoms with Gasteiger partial charge in [0.1, 0.15) is 10.8 Å². The van der Waals surface area contributed by atoms with Gasteiger partial charge in [-0.2, -0.15) is 0 Å². The van der Waals surface area contributed by atoms with Gasteiger partial charge in [0.05, 0.1) is 24.2 Å². The lowest BCUT2D eigenvalue weighted by Crippen LogP contribution is -2.15. The Morgan fingerprint density at radius 2 is 1.91 bits per heavy atom. The highest BCUT2D eigenvalue weighted by Crippen LogP contribution is 2.30. The number of anilines is 1. The first-order valence-corrected chi connectivity index (χ1v) is 9.17. The molecule has 1 aromatic carbocycles. The molecule has 124 valence electrons. The molecule has 2 aromatic rings. The number of benzene rings is 1. The molecule has 8 heteroatoms. The van der Waals surface area contributed by atoms with E-state index >= 15 is 0 Å².